The van der Waals surface area contributed by atoms with Crippen molar-refractivity contribution < 1.29 is 9.53 Å². The zero-order valence-corrected chi connectivity index (χ0v) is 18.4. The fourth-order valence-corrected chi connectivity index (χ4v) is 4.29. The minimum Gasteiger partial charge on any atom is -0.410 e. The summed E-state index contributed by atoms with van der Waals surface area (Å²) in [6, 6.07) is 9.68. The molecule has 1 saturated heterocycles. The van der Waals surface area contributed by atoms with Gasteiger partial charge in [0.05, 0.1) is 5.69 Å². The van der Waals surface area contributed by atoms with E-state index in [-0.39, 0.29) is 6.09 Å². The summed E-state index contributed by atoms with van der Waals surface area (Å²) in [5.41, 5.74) is 2.20. The number of thioether (sulfide) groups is 1. The molecular formula is C22H26N6O2S. The van der Waals surface area contributed by atoms with Crippen LogP contribution >= 0.6 is 11.8 Å². The lowest BCUT2D eigenvalue weighted by atomic mass is 10.2. The smallest absolute Gasteiger partial charge is 0.410 e. The van der Waals surface area contributed by atoms with Gasteiger partial charge in [0.15, 0.2) is 5.16 Å². The van der Waals surface area contributed by atoms with Crippen LogP contribution in [0.1, 0.15) is 11.3 Å². The van der Waals surface area contributed by atoms with E-state index in [0.29, 0.717) is 18.8 Å². The molecule has 1 aromatic carbocycles. The molecule has 1 aliphatic heterocycles. The number of carbonyl (C=O) groups is 1. The van der Waals surface area contributed by atoms with Crippen molar-refractivity contribution >= 4 is 17.9 Å². The summed E-state index contributed by atoms with van der Waals surface area (Å²) < 4.78 is 7.59. The second kappa shape index (κ2) is 10.4. The van der Waals surface area contributed by atoms with Gasteiger partial charge in [0.25, 0.3) is 0 Å². The average Bonchev–Trinajstić information content (AvgIpc) is 3.21. The molecule has 0 radical (unpaired) electrons. The Hall–Kier alpha value is -2.91. The molecule has 162 valence electrons. The molecule has 0 bridgehead atoms. The zero-order valence-electron chi connectivity index (χ0n) is 17.6. The molecule has 4 rings (SSSR count). The Labute approximate surface area is 186 Å². The highest BCUT2D eigenvalue weighted by molar-refractivity contribution is 7.99. The van der Waals surface area contributed by atoms with Crippen LogP contribution in [0, 0.1) is 0 Å². The van der Waals surface area contributed by atoms with Crippen LogP contribution in [-0.2, 0) is 20.0 Å². The molecule has 2 aromatic heterocycles. The molecule has 3 aromatic rings. The topological polar surface area (TPSA) is 76.4 Å². The van der Waals surface area contributed by atoms with Crippen molar-refractivity contribution in [3.8, 4) is 5.75 Å². The van der Waals surface area contributed by atoms with E-state index in [2.05, 4.69) is 19.9 Å². The molecule has 0 spiro atoms. The Morgan fingerprint density at radius 1 is 1.06 bits per heavy atom. The molecule has 1 amide bonds. The van der Waals surface area contributed by atoms with Crippen molar-refractivity contribution in [1.82, 2.24) is 29.3 Å². The van der Waals surface area contributed by atoms with Gasteiger partial charge >= 0.3 is 6.09 Å². The molecule has 0 saturated carbocycles. The lowest BCUT2D eigenvalue weighted by Gasteiger charge is -2.33. The normalized spacial score (nSPS) is 14.5. The molecule has 1 fully saturated rings. The average molecular weight is 439 g/mol. The Morgan fingerprint density at radius 3 is 2.55 bits per heavy atom. The highest BCUT2D eigenvalue weighted by Gasteiger charge is 2.22. The number of ether oxygens (including phenoxy) is 1. The lowest BCUT2D eigenvalue weighted by molar-refractivity contribution is 0.107. The maximum Gasteiger partial charge on any atom is 0.415 e. The van der Waals surface area contributed by atoms with Gasteiger partial charge in [-0.3, -0.25) is 4.90 Å². The van der Waals surface area contributed by atoms with Crippen molar-refractivity contribution in [2.75, 3.05) is 31.9 Å². The fourth-order valence-electron chi connectivity index (χ4n) is 3.37. The highest BCUT2D eigenvalue weighted by atomic mass is 32.2. The van der Waals surface area contributed by atoms with E-state index >= 15 is 0 Å². The number of amides is 1. The Morgan fingerprint density at radius 2 is 1.87 bits per heavy atom. The van der Waals surface area contributed by atoms with Gasteiger partial charge in [-0.05, 0) is 30.2 Å². The summed E-state index contributed by atoms with van der Waals surface area (Å²) in [6.45, 7) is 3.65. The first kappa shape index (κ1) is 21.3. The van der Waals surface area contributed by atoms with Crippen molar-refractivity contribution in [3.63, 3.8) is 0 Å². The van der Waals surface area contributed by atoms with Gasteiger partial charge < -0.3 is 14.2 Å². The SMILES string of the molecule is Cn1ccnc1SCCc1ccc(OC(=O)N2CCN(Cc3ccncn3)CC2)cc1. The van der Waals surface area contributed by atoms with Crippen LogP contribution in [0.2, 0.25) is 0 Å². The third-order valence-electron chi connectivity index (χ3n) is 5.19. The first-order chi connectivity index (χ1) is 15.2. The zero-order chi connectivity index (χ0) is 21.5. The third-order valence-corrected chi connectivity index (χ3v) is 6.25. The van der Waals surface area contributed by atoms with Crippen LogP contribution in [0.15, 0.2) is 60.4 Å². The first-order valence-electron chi connectivity index (χ1n) is 10.3. The first-order valence-corrected chi connectivity index (χ1v) is 11.3. The molecule has 3 heterocycles. The lowest BCUT2D eigenvalue weighted by Crippen LogP contribution is -2.49. The molecule has 0 aliphatic carbocycles. The summed E-state index contributed by atoms with van der Waals surface area (Å²) in [7, 11) is 2.00. The number of aryl methyl sites for hydroxylation is 2. The van der Waals surface area contributed by atoms with Crippen LogP contribution in [0.5, 0.6) is 5.75 Å². The van der Waals surface area contributed by atoms with Crippen molar-refractivity contribution in [2.45, 2.75) is 18.1 Å². The quantitative estimate of drug-likeness (QED) is 0.525. The van der Waals surface area contributed by atoms with Gasteiger partial charge in [0, 0.05) is 64.1 Å². The standard InChI is InChI=1S/C22H26N6O2S/c1-26-10-9-24-21(26)31-15-7-18-2-4-20(5-3-18)30-22(29)28-13-11-27(12-14-28)16-19-6-8-23-17-25-19/h2-6,8-10,17H,7,11-16H2,1H3. The second-order valence-corrected chi connectivity index (χ2v) is 8.46. The van der Waals surface area contributed by atoms with Crippen LogP contribution in [-0.4, -0.2) is 67.3 Å². The monoisotopic (exact) mass is 438 g/mol. The van der Waals surface area contributed by atoms with Crippen LogP contribution in [0.4, 0.5) is 4.79 Å². The number of aromatic nitrogens is 4. The molecule has 31 heavy (non-hydrogen) atoms. The number of hydrogen-bond acceptors (Lipinski definition) is 7. The maximum atomic E-state index is 12.5. The number of rotatable bonds is 7. The number of piperazine rings is 1. The molecule has 9 heteroatoms. The van der Waals surface area contributed by atoms with Crippen LogP contribution in [0.3, 0.4) is 0 Å². The summed E-state index contributed by atoms with van der Waals surface area (Å²) in [6.07, 6.45) is 7.71. The molecule has 0 unspecified atom stereocenters. The molecular weight excluding hydrogens is 412 g/mol. The van der Waals surface area contributed by atoms with Crippen molar-refractivity contribution in [3.05, 3.63) is 66.5 Å². The number of benzene rings is 1. The number of hydrogen-bond donors (Lipinski definition) is 0. The van der Waals surface area contributed by atoms with Gasteiger partial charge in [-0.2, -0.15) is 0 Å². The van der Waals surface area contributed by atoms with Crippen molar-refractivity contribution in [2.24, 2.45) is 7.05 Å². The van der Waals surface area contributed by atoms with Crippen molar-refractivity contribution in [1.29, 1.82) is 0 Å². The predicted molar refractivity (Wildman–Crippen MR) is 119 cm³/mol. The van der Waals surface area contributed by atoms with Gasteiger partial charge in [0.2, 0.25) is 0 Å². The highest BCUT2D eigenvalue weighted by Crippen LogP contribution is 2.19. The van der Waals surface area contributed by atoms with Gasteiger partial charge in [-0.15, -0.1) is 0 Å². The molecule has 0 atom stereocenters. The minimum absolute atomic E-state index is 0.292. The van der Waals surface area contributed by atoms with Crippen LogP contribution in [0.25, 0.3) is 0 Å². The van der Waals surface area contributed by atoms with E-state index in [1.807, 2.05) is 54.3 Å². The number of nitrogens with zero attached hydrogens (tertiary/aromatic N) is 6. The van der Waals surface area contributed by atoms with E-state index in [0.717, 1.165) is 42.7 Å². The Kier molecular flexibility index (Phi) is 7.16. The molecule has 0 N–H and O–H groups in total. The van der Waals surface area contributed by atoms with E-state index in [9.17, 15) is 4.79 Å². The van der Waals surface area contributed by atoms with Crippen LogP contribution < -0.4 is 4.74 Å². The predicted octanol–water partition coefficient (Wildman–Crippen LogP) is 2.86. The largest absolute Gasteiger partial charge is 0.415 e. The summed E-state index contributed by atoms with van der Waals surface area (Å²) in [5.74, 6) is 1.53. The summed E-state index contributed by atoms with van der Waals surface area (Å²) in [5, 5.41) is 1.02. The van der Waals surface area contributed by atoms with E-state index in [1.54, 1.807) is 29.2 Å². The number of imidazole rings is 1. The van der Waals surface area contributed by atoms with Gasteiger partial charge in [-0.25, -0.2) is 19.7 Å². The van der Waals surface area contributed by atoms with E-state index in [4.69, 9.17) is 4.74 Å². The van der Waals surface area contributed by atoms with Gasteiger partial charge in [0.1, 0.15) is 12.1 Å². The summed E-state index contributed by atoms with van der Waals surface area (Å²) >= 11 is 1.73. The fraction of sp³-hybridized carbons (Fsp3) is 0.364. The third kappa shape index (κ3) is 6.05. The van der Waals surface area contributed by atoms with E-state index in [1.165, 1.54) is 5.56 Å². The second-order valence-electron chi connectivity index (χ2n) is 7.40. The number of carbonyl (C=O) groups excluding carboxylic acids is 1. The maximum absolute atomic E-state index is 12.5. The Balaban J connectivity index is 1.19. The molecule has 8 nitrogen and oxygen atoms in total. The summed E-state index contributed by atoms with van der Waals surface area (Å²) in [4.78, 5) is 29.1. The van der Waals surface area contributed by atoms with Gasteiger partial charge in [-0.1, -0.05) is 23.9 Å². The van der Waals surface area contributed by atoms with E-state index < -0.39 is 0 Å². The minimum atomic E-state index is -0.292. The molecule has 1 aliphatic rings. The Bertz CT molecular complexity index is 971.